The van der Waals surface area contributed by atoms with Gasteiger partial charge in [-0.1, -0.05) is 25.1 Å². The fraction of sp³-hybridized carbons (Fsp3) is 0.462. The molecule has 86 valence electrons. The number of nitrogens with two attached hydrogens (primary N) is 1. The van der Waals surface area contributed by atoms with Crippen LogP contribution in [0.2, 0.25) is 0 Å². The second-order valence-electron chi connectivity index (χ2n) is 4.82. The number of para-hydroxylation sites is 1. The van der Waals surface area contributed by atoms with E-state index in [1.165, 1.54) is 0 Å². The summed E-state index contributed by atoms with van der Waals surface area (Å²) in [5.74, 6) is 0.685. The number of amides is 1. The lowest BCUT2D eigenvalue weighted by Crippen LogP contribution is -2.51. The molecule has 0 saturated heterocycles. The molecule has 3 nitrogen and oxygen atoms in total. The fourth-order valence-electron chi connectivity index (χ4n) is 2.50. The molecule has 1 aliphatic rings. The Kier molecular flexibility index (Phi) is 2.97. The third kappa shape index (κ3) is 1.95. The number of benzene rings is 1. The number of hydrogen-bond acceptors (Lipinski definition) is 2. The smallest absolute Gasteiger partial charge is 0.231 e. The predicted octanol–water partition coefficient (Wildman–Crippen LogP) is 2.00. The number of nitrogens with one attached hydrogen (secondary N) is 1. The number of anilines is 1. The van der Waals surface area contributed by atoms with Gasteiger partial charge < -0.3 is 11.1 Å². The number of rotatable bonds is 3. The largest absolute Gasteiger partial charge is 0.329 e. The zero-order valence-electron chi connectivity index (χ0n) is 9.57. The Bertz CT molecular complexity index is 369. The number of carbonyl (C=O) groups is 1. The third-order valence-corrected chi connectivity index (χ3v) is 3.38. The van der Waals surface area contributed by atoms with E-state index in [-0.39, 0.29) is 11.3 Å². The lowest BCUT2D eigenvalue weighted by Gasteiger charge is -2.44. The first kappa shape index (κ1) is 11.1. The van der Waals surface area contributed by atoms with E-state index >= 15 is 0 Å². The van der Waals surface area contributed by atoms with Gasteiger partial charge in [-0.05, 0) is 30.9 Å². The molecule has 1 aromatic rings. The molecule has 0 spiro atoms. The second kappa shape index (κ2) is 4.26. The summed E-state index contributed by atoms with van der Waals surface area (Å²) < 4.78 is 0. The van der Waals surface area contributed by atoms with Crippen molar-refractivity contribution < 1.29 is 4.79 Å². The van der Waals surface area contributed by atoms with E-state index in [9.17, 15) is 4.79 Å². The molecule has 3 N–H and O–H groups in total. The zero-order valence-corrected chi connectivity index (χ0v) is 9.57. The fourth-order valence-corrected chi connectivity index (χ4v) is 2.50. The summed E-state index contributed by atoms with van der Waals surface area (Å²) in [6, 6.07) is 9.54. The Hall–Kier alpha value is -1.35. The quantitative estimate of drug-likeness (QED) is 0.815. The molecule has 1 saturated carbocycles. The number of carbonyl (C=O) groups excluding carboxylic acids is 1. The highest BCUT2D eigenvalue weighted by Crippen LogP contribution is 2.45. The summed E-state index contributed by atoms with van der Waals surface area (Å²) in [5, 5.41) is 2.94. The van der Waals surface area contributed by atoms with Crippen molar-refractivity contribution in [2.24, 2.45) is 17.1 Å². The Labute approximate surface area is 96.0 Å². The molecular formula is C13H18N2O. The van der Waals surface area contributed by atoms with Gasteiger partial charge in [-0.15, -0.1) is 0 Å². The molecule has 0 unspecified atom stereocenters. The van der Waals surface area contributed by atoms with Crippen molar-refractivity contribution in [3.63, 3.8) is 0 Å². The molecule has 1 aromatic carbocycles. The SMILES string of the molecule is CC1CC(CN)(C(=O)Nc2ccccc2)C1. The first-order chi connectivity index (χ1) is 7.66. The molecule has 0 heterocycles. The minimum Gasteiger partial charge on any atom is -0.329 e. The molecule has 1 aliphatic carbocycles. The molecule has 1 amide bonds. The van der Waals surface area contributed by atoms with Crippen molar-refractivity contribution >= 4 is 11.6 Å². The lowest BCUT2D eigenvalue weighted by atomic mass is 9.62. The van der Waals surface area contributed by atoms with Gasteiger partial charge in [0.15, 0.2) is 0 Å². The van der Waals surface area contributed by atoms with E-state index in [0.717, 1.165) is 18.5 Å². The summed E-state index contributed by atoms with van der Waals surface area (Å²) in [4.78, 5) is 12.1. The van der Waals surface area contributed by atoms with Crippen molar-refractivity contribution in [1.29, 1.82) is 0 Å². The van der Waals surface area contributed by atoms with Crippen molar-refractivity contribution in [2.75, 3.05) is 11.9 Å². The highest BCUT2D eigenvalue weighted by molar-refractivity contribution is 5.96. The second-order valence-corrected chi connectivity index (χ2v) is 4.82. The lowest BCUT2D eigenvalue weighted by molar-refractivity contribution is -0.132. The monoisotopic (exact) mass is 218 g/mol. The maximum atomic E-state index is 12.1. The summed E-state index contributed by atoms with van der Waals surface area (Å²) in [5.41, 5.74) is 6.25. The van der Waals surface area contributed by atoms with E-state index in [0.29, 0.717) is 12.5 Å². The summed E-state index contributed by atoms with van der Waals surface area (Å²) in [6.45, 7) is 2.60. The first-order valence-electron chi connectivity index (χ1n) is 5.73. The maximum absolute atomic E-state index is 12.1. The van der Waals surface area contributed by atoms with Crippen LogP contribution in [0.25, 0.3) is 0 Å². The normalized spacial score (nSPS) is 28.2. The van der Waals surface area contributed by atoms with Crippen LogP contribution in [-0.4, -0.2) is 12.5 Å². The standard InChI is InChI=1S/C13H18N2O/c1-10-7-13(8-10,9-14)12(16)15-11-5-3-2-4-6-11/h2-6,10H,7-9,14H2,1H3,(H,15,16). The minimum absolute atomic E-state index is 0.0688. The van der Waals surface area contributed by atoms with Crippen LogP contribution in [-0.2, 0) is 4.79 Å². The van der Waals surface area contributed by atoms with Crippen LogP contribution in [0.1, 0.15) is 19.8 Å². The van der Waals surface area contributed by atoms with E-state index in [4.69, 9.17) is 5.73 Å². The van der Waals surface area contributed by atoms with Gasteiger partial charge >= 0.3 is 0 Å². The summed E-state index contributed by atoms with van der Waals surface area (Å²) >= 11 is 0. The van der Waals surface area contributed by atoms with Gasteiger partial charge in [0.1, 0.15) is 0 Å². The highest BCUT2D eigenvalue weighted by Gasteiger charge is 2.47. The van der Waals surface area contributed by atoms with Crippen LogP contribution < -0.4 is 11.1 Å². The minimum atomic E-state index is -0.324. The topological polar surface area (TPSA) is 55.1 Å². The average molecular weight is 218 g/mol. The first-order valence-corrected chi connectivity index (χ1v) is 5.73. The Morgan fingerprint density at radius 3 is 2.56 bits per heavy atom. The van der Waals surface area contributed by atoms with E-state index in [1.807, 2.05) is 30.3 Å². The molecule has 0 aromatic heterocycles. The van der Waals surface area contributed by atoms with Gasteiger partial charge in [0.05, 0.1) is 5.41 Å². The van der Waals surface area contributed by atoms with Gasteiger partial charge in [-0.2, -0.15) is 0 Å². The third-order valence-electron chi connectivity index (χ3n) is 3.38. The van der Waals surface area contributed by atoms with Gasteiger partial charge in [0.25, 0.3) is 0 Å². The number of hydrogen-bond donors (Lipinski definition) is 2. The molecule has 0 bridgehead atoms. The van der Waals surface area contributed by atoms with Crippen LogP contribution in [0.5, 0.6) is 0 Å². The van der Waals surface area contributed by atoms with E-state index < -0.39 is 0 Å². The van der Waals surface area contributed by atoms with Crippen molar-refractivity contribution in [3.8, 4) is 0 Å². The van der Waals surface area contributed by atoms with E-state index in [2.05, 4.69) is 12.2 Å². The van der Waals surface area contributed by atoms with Crippen LogP contribution in [0.3, 0.4) is 0 Å². The van der Waals surface area contributed by atoms with Gasteiger partial charge in [0.2, 0.25) is 5.91 Å². The summed E-state index contributed by atoms with van der Waals surface area (Å²) in [6.07, 6.45) is 1.81. The zero-order chi connectivity index (χ0) is 11.6. The molecule has 16 heavy (non-hydrogen) atoms. The predicted molar refractivity (Wildman–Crippen MR) is 65.0 cm³/mol. The maximum Gasteiger partial charge on any atom is 0.231 e. The van der Waals surface area contributed by atoms with Crippen LogP contribution in [0.15, 0.2) is 30.3 Å². The Balaban J connectivity index is 2.03. The van der Waals surface area contributed by atoms with Crippen LogP contribution in [0.4, 0.5) is 5.69 Å². The molecule has 1 fully saturated rings. The molecule has 0 atom stereocenters. The average Bonchev–Trinajstić information content (AvgIpc) is 2.25. The Morgan fingerprint density at radius 1 is 1.44 bits per heavy atom. The summed E-state index contributed by atoms with van der Waals surface area (Å²) in [7, 11) is 0. The molecular weight excluding hydrogens is 200 g/mol. The van der Waals surface area contributed by atoms with E-state index in [1.54, 1.807) is 0 Å². The molecule has 2 rings (SSSR count). The molecule has 0 aliphatic heterocycles. The van der Waals surface area contributed by atoms with Gasteiger partial charge in [-0.25, -0.2) is 0 Å². The van der Waals surface area contributed by atoms with Gasteiger partial charge in [-0.3, -0.25) is 4.79 Å². The molecule has 3 heteroatoms. The van der Waals surface area contributed by atoms with Crippen LogP contribution in [0, 0.1) is 11.3 Å². The van der Waals surface area contributed by atoms with Crippen LogP contribution >= 0.6 is 0 Å². The van der Waals surface area contributed by atoms with Crippen molar-refractivity contribution in [1.82, 2.24) is 0 Å². The van der Waals surface area contributed by atoms with Crippen molar-refractivity contribution in [3.05, 3.63) is 30.3 Å². The van der Waals surface area contributed by atoms with Gasteiger partial charge in [0, 0.05) is 12.2 Å². The Morgan fingerprint density at radius 2 is 2.06 bits per heavy atom. The van der Waals surface area contributed by atoms with Crippen molar-refractivity contribution in [2.45, 2.75) is 19.8 Å². The molecule has 0 radical (unpaired) electrons. The highest BCUT2D eigenvalue weighted by atomic mass is 16.2.